The fraction of sp³-hybridized carbons (Fsp3) is 0.385. The van der Waals surface area contributed by atoms with E-state index in [0.29, 0.717) is 0 Å². The van der Waals surface area contributed by atoms with Gasteiger partial charge in [-0.1, -0.05) is 18.6 Å². The fourth-order valence-electron chi connectivity index (χ4n) is 2.10. The molecule has 16 heavy (non-hydrogen) atoms. The van der Waals surface area contributed by atoms with Crippen molar-refractivity contribution in [2.75, 3.05) is 6.54 Å². The lowest BCUT2D eigenvalue weighted by atomic mass is 9.99. The highest BCUT2D eigenvalue weighted by molar-refractivity contribution is 5.83. The maximum absolute atomic E-state index is 6.21. The number of fused-ring (bicyclic) bond motifs is 1. The van der Waals surface area contributed by atoms with Gasteiger partial charge in [0.1, 0.15) is 0 Å². The van der Waals surface area contributed by atoms with Crippen LogP contribution < -0.4 is 11.5 Å². The topological polar surface area (TPSA) is 67.8 Å². The van der Waals surface area contributed by atoms with Gasteiger partial charge in [0, 0.05) is 23.1 Å². The maximum Gasteiger partial charge on any atom is 0.0457 e. The summed E-state index contributed by atoms with van der Waals surface area (Å²) in [4.78, 5) is 3.21. The van der Waals surface area contributed by atoms with Crippen LogP contribution in [0, 0.1) is 0 Å². The van der Waals surface area contributed by atoms with Crippen LogP contribution in [0.1, 0.15) is 30.9 Å². The highest BCUT2D eigenvalue weighted by Gasteiger charge is 2.09. The van der Waals surface area contributed by atoms with Crippen LogP contribution in [0.4, 0.5) is 0 Å². The Kier molecular flexibility index (Phi) is 3.59. The number of benzene rings is 1. The van der Waals surface area contributed by atoms with Crippen LogP contribution in [0.25, 0.3) is 10.9 Å². The molecular weight excluding hydrogens is 198 g/mol. The molecule has 0 fully saturated rings. The lowest BCUT2D eigenvalue weighted by molar-refractivity contribution is 0.594. The molecule has 0 bridgehead atoms. The number of unbranched alkanes of at least 4 members (excludes halogenated alkanes) is 1. The van der Waals surface area contributed by atoms with Gasteiger partial charge < -0.3 is 16.5 Å². The van der Waals surface area contributed by atoms with Crippen molar-refractivity contribution in [1.82, 2.24) is 4.98 Å². The first-order valence-corrected chi connectivity index (χ1v) is 5.84. The second-order valence-corrected chi connectivity index (χ2v) is 4.18. The molecule has 1 heterocycles. The molecule has 0 aliphatic heterocycles. The maximum atomic E-state index is 6.21. The van der Waals surface area contributed by atoms with Crippen LogP contribution >= 0.6 is 0 Å². The van der Waals surface area contributed by atoms with E-state index in [1.807, 2.05) is 6.20 Å². The van der Waals surface area contributed by atoms with Gasteiger partial charge in [0.15, 0.2) is 0 Å². The van der Waals surface area contributed by atoms with E-state index in [-0.39, 0.29) is 6.04 Å². The molecule has 0 saturated carbocycles. The third-order valence-corrected chi connectivity index (χ3v) is 3.00. The second kappa shape index (κ2) is 5.14. The SMILES string of the molecule is NCCCC[C@H](N)c1cccc2[nH]ccc12. The van der Waals surface area contributed by atoms with Crippen LogP contribution in [0.15, 0.2) is 30.5 Å². The molecule has 0 unspecified atom stereocenters. The van der Waals surface area contributed by atoms with Crippen molar-refractivity contribution in [3.63, 3.8) is 0 Å². The summed E-state index contributed by atoms with van der Waals surface area (Å²) >= 11 is 0. The number of aromatic nitrogens is 1. The molecule has 0 radical (unpaired) electrons. The van der Waals surface area contributed by atoms with E-state index >= 15 is 0 Å². The Morgan fingerprint density at radius 3 is 2.88 bits per heavy atom. The van der Waals surface area contributed by atoms with Crippen molar-refractivity contribution in [2.45, 2.75) is 25.3 Å². The van der Waals surface area contributed by atoms with Crippen molar-refractivity contribution in [1.29, 1.82) is 0 Å². The molecule has 1 aromatic heterocycles. The number of hydrogen-bond donors (Lipinski definition) is 3. The number of H-pyrrole nitrogens is 1. The van der Waals surface area contributed by atoms with Gasteiger partial charge in [-0.25, -0.2) is 0 Å². The molecule has 2 rings (SSSR count). The van der Waals surface area contributed by atoms with E-state index in [4.69, 9.17) is 11.5 Å². The van der Waals surface area contributed by atoms with Crippen molar-refractivity contribution >= 4 is 10.9 Å². The van der Waals surface area contributed by atoms with Gasteiger partial charge in [0.25, 0.3) is 0 Å². The molecule has 2 aromatic rings. The van der Waals surface area contributed by atoms with Crippen molar-refractivity contribution in [2.24, 2.45) is 11.5 Å². The molecule has 0 amide bonds. The number of rotatable bonds is 5. The summed E-state index contributed by atoms with van der Waals surface area (Å²) in [5.74, 6) is 0. The molecule has 1 aromatic carbocycles. The smallest absolute Gasteiger partial charge is 0.0457 e. The Balaban J connectivity index is 2.15. The minimum absolute atomic E-state index is 0.117. The average Bonchev–Trinajstić information content (AvgIpc) is 2.76. The second-order valence-electron chi connectivity index (χ2n) is 4.18. The van der Waals surface area contributed by atoms with E-state index in [0.717, 1.165) is 31.3 Å². The number of nitrogens with two attached hydrogens (primary N) is 2. The van der Waals surface area contributed by atoms with Gasteiger partial charge in [0.2, 0.25) is 0 Å². The van der Waals surface area contributed by atoms with E-state index in [1.165, 1.54) is 10.9 Å². The third-order valence-electron chi connectivity index (χ3n) is 3.00. The van der Waals surface area contributed by atoms with Gasteiger partial charge in [0.05, 0.1) is 0 Å². The minimum Gasteiger partial charge on any atom is -0.361 e. The lowest BCUT2D eigenvalue weighted by Gasteiger charge is -2.12. The highest BCUT2D eigenvalue weighted by Crippen LogP contribution is 2.25. The summed E-state index contributed by atoms with van der Waals surface area (Å²) in [6, 6.07) is 8.45. The summed E-state index contributed by atoms with van der Waals surface area (Å²) < 4.78 is 0. The summed E-state index contributed by atoms with van der Waals surface area (Å²) in [6.07, 6.45) is 5.11. The van der Waals surface area contributed by atoms with Crippen LogP contribution in [-0.2, 0) is 0 Å². The summed E-state index contributed by atoms with van der Waals surface area (Å²) in [5.41, 5.74) is 14.1. The molecule has 1 atom stereocenters. The molecule has 0 spiro atoms. The van der Waals surface area contributed by atoms with E-state index in [2.05, 4.69) is 29.2 Å². The molecule has 0 aliphatic rings. The van der Waals surface area contributed by atoms with Gasteiger partial charge in [-0.2, -0.15) is 0 Å². The van der Waals surface area contributed by atoms with E-state index in [1.54, 1.807) is 0 Å². The van der Waals surface area contributed by atoms with Crippen LogP contribution in [-0.4, -0.2) is 11.5 Å². The Morgan fingerprint density at radius 2 is 2.06 bits per heavy atom. The van der Waals surface area contributed by atoms with Gasteiger partial charge in [-0.05, 0) is 37.1 Å². The quantitative estimate of drug-likeness (QED) is 0.673. The zero-order chi connectivity index (χ0) is 11.4. The largest absolute Gasteiger partial charge is 0.361 e. The Hall–Kier alpha value is -1.32. The average molecular weight is 217 g/mol. The third kappa shape index (κ3) is 2.26. The molecule has 3 nitrogen and oxygen atoms in total. The molecular formula is C13H19N3. The first kappa shape index (κ1) is 11.2. The molecule has 3 heteroatoms. The fourth-order valence-corrected chi connectivity index (χ4v) is 2.10. The zero-order valence-corrected chi connectivity index (χ0v) is 9.45. The summed E-state index contributed by atoms with van der Waals surface area (Å²) in [6.45, 7) is 0.751. The monoisotopic (exact) mass is 217 g/mol. The first-order chi connectivity index (χ1) is 7.83. The first-order valence-electron chi connectivity index (χ1n) is 5.84. The molecule has 86 valence electrons. The lowest BCUT2D eigenvalue weighted by Crippen LogP contribution is -2.11. The van der Waals surface area contributed by atoms with Crippen LogP contribution in [0.3, 0.4) is 0 Å². The predicted octanol–water partition coefficient (Wildman–Crippen LogP) is 2.30. The number of aromatic amines is 1. The summed E-state index contributed by atoms with van der Waals surface area (Å²) in [5, 5.41) is 1.24. The van der Waals surface area contributed by atoms with Crippen molar-refractivity contribution in [3.05, 3.63) is 36.0 Å². The van der Waals surface area contributed by atoms with Crippen molar-refractivity contribution < 1.29 is 0 Å². The molecule has 0 aliphatic carbocycles. The minimum atomic E-state index is 0.117. The summed E-state index contributed by atoms with van der Waals surface area (Å²) in [7, 11) is 0. The Labute approximate surface area is 95.8 Å². The molecule has 0 saturated heterocycles. The van der Waals surface area contributed by atoms with Crippen LogP contribution in [0.5, 0.6) is 0 Å². The van der Waals surface area contributed by atoms with Crippen LogP contribution in [0.2, 0.25) is 0 Å². The van der Waals surface area contributed by atoms with Gasteiger partial charge in [-0.15, -0.1) is 0 Å². The molecule has 5 N–H and O–H groups in total. The highest BCUT2D eigenvalue weighted by atomic mass is 14.7. The van der Waals surface area contributed by atoms with Crippen molar-refractivity contribution in [3.8, 4) is 0 Å². The van der Waals surface area contributed by atoms with Gasteiger partial charge in [-0.3, -0.25) is 0 Å². The van der Waals surface area contributed by atoms with E-state index < -0.39 is 0 Å². The standard InChI is InChI=1S/C13H19N3/c14-8-2-1-5-12(15)10-4-3-6-13-11(10)7-9-16-13/h3-4,6-7,9,12,16H,1-2,5,8,14-15H2/t12-/m0/s1. The Bertz CT molecular complexity index is 447. The predicted molar refractivity (Wildman–Crippen MR) is 68.1 cm³/mol. The van der Waals surface area contributed by atoms with Gasteiger partial charge >= 0.3 is 0 Å². The number of nitrogens with one attached hydrogen (secondary N) is 1. The van der Waals surface area contributed by atoms with E-state index in [9.17, 15) is 0 Å². The Morgan fingerprint density at radius 1 is 1.19 bits per heavy atom. The zero-order valence-electron chi connectivity index (χ0n) is 9.45. The number of hydrogen-bond acceptors (Lipinski definition) is 2. The normalized spacial score (nSPS) is 13.1.